The Bertz CT molecular complexity index is 96.9. The molecule has 0 rings (SSSR count). The predicted molar refractivity (Wildman–Crippen MR) is 48.1 cm³/mol. The minimum atomic E-state index is 0.829. The first-order valence-corrected chi connectivity index (χ1v) is 5.15. The number of ether oxygens (including phenoxy) is 2. The second-order valence-corrected chi connectivity index (χ2v) is 2.95. The molecular weight excluding hydrogens is 168 g/mol. The van der Waals surface area contributed by atoms with Crippen LogP contribution in [0.25, 0.3) is 0 Å². The molecule has 0 aliphatic rings. The van der Waals surface area contributed by atoms with Crippen LogP contribution in [0.15, 0.2) is 10.2 Å². The van der Waals surface area contributed by atoms with Crippen LogP contribution >= 0.6 is 23.5 Å². The van der Waals surface area contributed by atoms with Gasteiger partial charge in [0.1, 0.15) is 0 Å². The highest BCUT2D eigenvalue weighted by Gasteiger charge is 2.03. The highest BCUT2D eigenvalue weighted by Crippen LogP contribution is 2.24. The first-order valence-electron chi connectivity index (χ1n) is 2.70. The molecule has 0 aromatic rings. The summed E-state index contributed by atoms with van der Waals surface area (Å²) < 4.78 is 10.1. The molecule has 0 saturated carbocycles. The van der Waals surface area contributed by atoms with Crippen LogP contribution in [-0.4, -0.2) is 26.7 Å². The molecule has 0 aliphatic heterocycles. The smallest absolute Gasteiger partial charge is 0.202 e. The summed E-state index contributed by atoms with van der Waals surface area (Å²) in [5.41, 5.74) is 0. The monoisotopic (exact) mass is 180 g/mol. The van der Waals surface area contributed by atoms with E-state index in [-0.39, 0.29) is 0 Å². The number of hydrogen-bond acceptors (Lipinski definition) is 4. The summed E-state index contributed by atoms with van der Waals surface area (Å²) in [6, 6.07) is 0. The summed E-state index contributed by atoms with van der Waals surface area (Å²) in [7, 11) is 3.28. The van der Waals surface area contributed by atoms with Crippen molar-refractivity contribution in [3.05, 3.63) is 10.2 Å². The van der Waals surface area contributed by atoms with Gasteiger partial charge in [0, 0.05) is 0 Å². The number of hydrogen-bond donors (Lipinski definition) is 0. The Labute approximate surface area is 70.3 Å². The van der Waals surface area contributed by atoms with Crippen LogP contribution in [0.4, 0.5) is 0 Å². The minimum Gasteiger partial charge on any atom is -0.487 e. The summed E-state index contributed by atoms with van der Waals surface area (Å²) in [5.74, 6) is 0. The van der Waals surface area contributed by atoms with Crippen LogP contribution in [0.3, 0.4) is 0 Å². The lowest BCUT2D eigenvalue weighted by Crippen LogP contribution is -1.88. The van der Waals surface area contributed by atoms with E-state index < -0.39 is 0 Å². The zero-order chi connectivity index (χ0) is 7.98. The van der Waals surface area contributed by atoms with E-state index in [0.29, 0.717) is 0 Å². The van der Waals surface area contributed by atoms with Crippen molar-refractivity contribution in [3.63, 3.8) is 0 Å². The van der Waals surface area contributed by atoms with Crippen molar-refractivity contribution in [2.75, 3.05) is 26.7 Å². The molecule has 0 heterocycles. The summed E-state index contributed by atoms with van der Waals surface area (Å²) in [6.07, 6.45) is 3.90. The Balaban J connectivity index is 4.20. The topological polar surface area (TPSA) is 18.5 Å². The van der Waals surface area contributed by atoms with E-state index in [1.165, 1.54) is 23.5 Å². The van der Waals surface area contributed by atoms with Gasteiger partial charge in [-0.3, -0.25) is 0 Å². The van der Waals surface area contributed by atoms with Gasteiger partial charge in [0.05, 0.1) is 14.2 Å². The van der Waals surface area contributed by atoms with E-state index in [1.54, 1.807) is 14.2 Å². The maximum Gasteiger partial charge on any atom is 0.202 e. The molecule has 4 heteroatoms. The van der Waals surface area contributed by atoms with E-state index in [4.69, 9.17) is 9.47 Å². The molecule has 0 aromatic heterocycles. The quantitative estimate of drug-likeness (QED) is 0.617. The molecule has 10 heavy (non-hydrogen) atoms. The molecule has 0 N–H and O–H groups in total. The molecule has 0 amide bonds. The summed E-state index contributed by atoms with van der Waals surface area (Å²) in [6.45, 7) is 0. The Morgan fingerprint density at radius 2 is 1.20 bits per heavy atom. The third-order valence-corrected chi connectivity index (χ3v) is 2.48. The van der Waals surface area contributed by atoms with Crippen LogP contribution in [0, 0.1) is 0 Å². The lowest BCUT2D eigenvalue weighted by atomic mass is 11.0. The average Bonchev–Trinajstić information content (AvgIpc) is 2.00. The number of rotatable bonds is 4. The second-order valence-electron chi connectivity index (χ2n) is 1.39. The average molecular weight is 180 g/mol. The van der Waals surface area contributed by atoms with Crippen molar-refractivity contribution in [1.29, 1.82) is 0 Å². The van der Waals surface area contributed by atoms with Gasteiger partial charge in [-0.2, -0.15) is 0 Å². The highest BCUT2D eigenvalue weighted by molar-refractivity contribution is 8.05. The fraction of sp³-hybridized carbons (Fsp3) is 0.667. The third-order valence-electron chi connectivity index (χ3n) is 0.908. The Hall–Kier alpha value is 0.0400. The largest absolute Gasteiger partial charge is 0.487 e. The molecule has 0 fully saturated rings. The van der Waals surface area contributed by atoms with Crippen molar-refractivity contribution in [1.82, 2.24) is 0 Å². The fourth-order valence-electron chi connectivity index (χ4n) is 0.500. The predicted octanol–water partition coefficient (Wildman–Crippen LogP) is 2.13. The molecule has 0 unspecified atom stereocenters. The Morgan fingerprint density at radius 1 is 0.900 bits per heavy atom. The maximum atomic E-state index is 5.04. The molecule has 0 atom stereocenters. The molecule has 2 nitrogen and oxygen atoms in total. The van der Waals surface area contributed by atoms with Crippen molar-refractivity contribution < 1.29 is 9.47 Å². The molecule has 0 spiro atoms. The fourth-order valence-corrected chi connectivity index (χ4v) is 1.83. The van der Waals surface area contributed by atoms with Crippen LogP contribution in [0.2, 0.25) is 0 Å². The van der Waals surface area contributed by atoms with Gasteiger partial charge in [-0.15, -0.1) is 0 Å². The SMILES string of the molecule is CO/C(SC)=C(\OC)SC. The maximum absolute atomic E-state index is 5.04. The van der Waals surface area contributed by atoms with Crippen LogP contribution in [-0.2, 0) is 9.47 Å². The number of methoxy groups -OCH3 is 2. The van der Waals surface area contributed by atoms with Gasteiger partial charge < -0.3 is 9.47 Å². The van der Waals surface area contributed by atoms with Gasteiger partial charge in [0.15, 0.2) is 0 Å². The van der Waals surface area contributed by atoms with Crippen molar-refractivity contribution in [3.8, 4) is 0 Å². The molecule has 0 radical (unpaired) electrons. The van der Waals surface area contributed by atoms with Gasteiger partial charge in [0.25, 0.3) is 0 Å². The first-order chi connectivity index (χ1) is 4.79. The Morgan fingerprint density at radius 3 is 1.30 bits per heavy atom. The lowest BCUT2D eigenvalue weighted by Gasteiger charge is -2.07. The minimum absolute atomic E-state index is 0.829. The lowest BCUT2D eigenvalue weighted by molar-refractivity contribution is 0.266. The van der Waals surface area contributed by atoms with Crippen molar-refractivity contribution >= 4 is 23.5 Å². The highest BCUT2D eigenvalue weighted by atomic mass is 32.2. The normalized spacial score (nSPS) is 12.4. The second kappa shape index (κ2) is 5.80. The van der Waals surface area contributed by atoms with Gasteiger partial charge in [-0.05, 0) is 12.5 Å². The van der Waals surface area contributed by atoms with Crippen LogP contribution in [0.1, 0.15) is 0 Å². The zero-order valence-corrected chi connectivity index (χ0v) is 8.27. The molecule has 0 aliphatic carbocycles. The van der Waals surface area contributed by atoms with Crippen LogP contribution < -0.4 is 0 Å². The number of thioether (sulfide) groups is 2. The molecular formula is C6H12O2S2. The molecule has 0 bridgehead atoms. The molecule has 0 aromatic carbocycles. The third kappa shape index (κ3) is 2.75. The van der Waals surface area contributed by atoms with E-state index in [9.17, 15) is 0 Å². The van der Waals surface area contributed by atoms with E-state index in [2.05, 4.69) is 0 Å². The molecule has 60 valence electrons. The van der Waals surface area contributed by atoms with Crippen molar-refractivity contribution in [2.24, 2.45) is 0 Å². The summed E-state index contributed by atoms with van der Waals surface area (Å²) in [5, 5.41) is 1.66. The molecule has 0 saturated heterocycles. The van der Waals surface area contributed by atoms with E-state index in [0.717, 1.165) is 10.2 Å². The van der Waals surface area contributed by atoms with Crippen molar-refractivity contribution in [2.45, 2.75) is 0 Å². The summed E-state index contributed by atoms with van der Waals surface area (Å²) in [4.78, 5) is 0. The van der Waals surface area contributed by atoms with Gasteiger partial charge in [-0.25, -0.2) is 0 Å². The van der Waals surface area contributed by atoms with E-state index >= 15 is 0 Å². The van der Waals surface area contributed by atoms with Gasteiger partial charge in [-0.1, -0.05) is 23.5 Å². The Kier molecular flexibility index (Phi) is 5.82. The van der Waals surface area contributed by atoms with Crippen LogP contribution in [0.5, 0.6) is 0 Å². The standard InChI is InChI=1S/C6H12O2S2/c1-7-5(9-3)6(8-2)10-4/h1-4H3/b6-5-. The van der Waals surface area contributed by atoms with E-state index in [1.807, 2.05) is 12.5 Å². The summed E-state index contributed by atoms with van der Waals surface area (Å²) >= 11 is 3.08. The van der Waals surface area contributed by atoms with Gasteiger partial charge in [0.2, 0.25) is 10.2 Å². The van der Waals surface area contributed by atoms with Gasteiger partial charge >= 0.3 is 0 Å². The first kappa shape index (κ1) is 10.0. The zero-order valence-electron chi connectivity index (χ0n) is 6.63.